The van der Waals surface area contributed by atoms with Gasteiger partial charge in [-0.2, -0.15) is 0 Å². The Labute approximate surface area is 231 Å². The van der Waals surface area contributed by atoms with E-state index in [0.29, 0.717) is 17.9 Å². The molecule has 0 radical (unpaired) electrons. The zero-order chi connectivity index (χ0) is 26.6. The third kappa shape index (κ3) is 7.41. The largest absolute Gasteiger partial charge is 0.490 e. The topological polar surface area (TPSA) is 153 Å². The number of anilines is 2. The van der Waals surface area contributed by atoms with Crippen molar-refractivity contribution in [2.24, 2.45) is 5.73 Å². The van der Waals surface area contributed by atoms with E-state index in [-0.39, 0.29) is 58.0 Å². The first-order valence-electron chi connectivity index (χ1n) is 11.6. The number of hydrogen-bond acceptors (Lipinski definition) is 8. The molecule has 1 aliphatic rings. The summed E-state index contributed by atoms with van der Waals surface area (Å²) < 4.78 is 30.4. The molecule has 0 aliphatic heterocycles. The molecule has 10 nitrogen and oxygen atoms in total. The van der Waals surface area contributed by atoms with Crippen molar-refractivity contribution in [1.29, 1.82) is 0 Å². The minimum atomic E-state index is -3.54. The number of aromatic nitrogens is 2. The maximum absolute atomic E-state index is 13.3. The van der Waals surface area contributed by atoms with E-state index in [1.807, 2.05) is 0 Å². The van der Waals surface area contributed by atoms with E-state index in [1.54, 1.807) is 12.1 Å². The number of sulfone groups is 1. The number of carbonyl (C=O) groups is 2. The Morgan fingerprint density at radius 2 is 1.76 bits per heavy atom. The highest BCUT2D eigenvalue weighted by molar-refractivity contribution is 7.90. The number of nitrogens with zero attached hydrogens (tertiary/aromatic N) is 2. The Morgan fingerprint density at radius 3 is 2.42 bits per heavy atom. The van der Waals surface area contributed by atoms with Crippen LogP contribution in [0, 0.1) is 0 Å². The second kappa shape index (κ2) is 12.5. The van der Waals surface area contributed by atoms with Gasteiger partial charge in [0, 0.05) is 24.7 Å². The maximum atomic E-state index is 13.3. The molecule has 4 rings (SSSR count). The van der Waals surface area contributed by atoms with Gasteiger partial charge in [0.15, 0.2) is 15.5 Å². The number of carbonyl (C=O) groups excluding carboxylic acids is 2. The number of hydrogen-bond donors (Lipinski definition) is 3. The molecule has 38 heavy (non-hydrogen) atoms. The summed E-state index contributed by atoms with van der Waals surface area (Å²) in [4.78, 5) is 34.3. The molecule has 0 atom stereocenters. The molecule has 202 valence electrons. The SMILES string of the molecule is CS(=O)(=O)c1ccc(C(=O)Nc2cccnc2C(=O)Nc2ccc(Cl)cn2)c(O[C@H]2CC[C@@H](N)CC2)c1.Cl. The summed E-state index contributed by atoms with van der Waals surface area (Å²) >= 11 is 5.84. The van der Waals surface area contributed by atoms with Gasteiger partial charge in [0.25, 0.3) is 11.8 Å². The van der Waals surface area contributed by atoms with Crippen molar-refractivity contribution >= 4 is 57.2 Å². The van der Waals surface area contributed by atoms with Crippen LogP contribution < -0.4 is 21.1 Å². The standard InChI is InChI=1S/C25H26ClN5O5S.ClH/c1-37(34,35)18-9-10-19(21(13-18)36-17-7-5-16(27)6-8-17)24(32)30-20-3-2-12-28-23(20)25(33)31-22-11-4-15(26)14-29-22;/h2-4,9-14,16-17H,5-8,27H2,1H3,(H,30,32)(H,29,31,33);1H/t16-,17+;. The van der Waals surface area contributed by atoms with E-state index in [2.05, 4.69) is 20.6 Å². The van der Waals surface area contributed by atoms with Gasteiger partial charge in [-0.1, -0.05) is 11.6 Å². The van der Waals surface area contributed by atoms with Gasteiger partial charge in [0.05, 0.1) is 27.3 Å². The van der Waals surface area contributed by atoms with E-state index in [9.17, 15) is 18.0 Å². The molecule has 2 aromatic heterocycles. The van der Waals surface area contributed by atoms with Crippen molar-refractivity contribution in [3.8, 4) is 5.75 Å². The van der Waals surface area contributed by atoms with Gasteiger partial charge >= 0.3 is 0 Å². The average molecular weight is 580 g/mol. The fourth-order valence-corrected chi connectivity index (χ4v) is 4.65. The van der Waals surface area contributed by atoms with Crippen molar-refractivity contribution in [1.82, 2.24) is 9.97 Å². The van der Waals surface area contributed by atoms with Crippen molar-refractivity contribution in [3.63, 3.8) is 0 Å². The molecule has 3 aromatic rings. The van der Waals surface area contributed by atoms with E-state index in [1.165, 1.54) is 42.7 Å². The van der Waals surface area contributed by atoms with Gasteiger partial charge < -0.3 is 21.1 Å². The van der Waals surface area contributed by atoms with Crippen LogP contribution in [0.1, 0.15) is 46.5 Å². The predicted molar refractivity (Wildman–Crippen MR) is 147 cm³/mol. The fourth-order valence-electron chi connectivity index (χ4n) is 3.91. The van der Waals surface area contributed by atoms with Crippen LogP contribution in [0.5, 0.6) is 5.75 Å². The van der Waals surface area contributed by atoms with Crippen LogP contribution in [0.4, 0.5) is 11.5 Å². The summed E-state index contributed by atoms with van der Waals surface area (Å²) in [7, 11) is -3.54. The summed E-state index contributed by atoms with van der Waals surface area (Å²) in [6.45, 7) is 0. The minimum absolute atomic E-state index is 0. The molecule has 0 spiro atoms. The van der Waals surface area contributed by atoms with Crippen molar-refractivity contribution in [2.75, 3.05) is 16.9 Å². The molecule has 1 fully saturated rings. The van der Waals surface area contributed by atoms with Crippen LogP contribution in [0.2, 0.25) is 5.02 Å². The number of pyridine rings is 2. The highest BCUT2D eigenvalue weighted by Crippen LogP contribution is 2.29. The molecule has 0 saturated heterocycles. The van der Waals surface area contributed by atoms with Crippen LogP contribution in [-0.2, 0) is 9.84 Å². The first kappa shape index (κ1) is 29.3. The molecule has 2 heterocycles. The summed E-state index contributed by atoms with van der Waals surface area (Å²) in [5.74, 6) is -0.778. The van der Waals surface area contributed by atoms with E-state index in [4.69, 9.17) is 22.1 Å². The quantitative estimate of drug-likeness (QED) is 0.378. The van der Waals surface area contributed by atoms with E-state index < -0.39 is 21.7 Å². The van der Waals surface area contributed by atoms with Crippen LogP contribution in [0.25, 0.3) is 0 Å². The molecule has 1 aromatic carbocycles. The second-order valence-corrected chi connectivity index (χ2v) is 11.2. The maximum Gasteiger partial charge on any atom is 0.277 e. The van der Waals surface area contributed by atoms with Gasteiger partial charge in [-0.25, -0.2) is 18.4 Å². The molecular formula is C25H27Cl2N5O5S. The fraction of sp³-hybridized carbons (Fsp3) is 0.280. The van der Waals surface area contributed by atoms with Crippen LogP contribution in [0.15, 0.2) is 59.8 Å². The lowest BCUT2D eigenvalue weighted by atomic mass is 9.93. The van der Waals surface area contributed by atoms with Crippen molar-refractivity contribution < 1.29 is 22.7 Å². The lowest BCUT2D eigenvalue weighted by Gasteiger charge is -2.27. The van der Waals surface area contributed by atoms with Gasteiger partial charge in [-0.05, 0) is 68.1 Å². The Bertz CT molecular complexity index is 1410. The Kier molecular flexibility index (Phi) is 9.66. The number of rotatable bonds is 7. The molecule has 1 saturated carbocycles. The normalized spacial score (nSPS) is 17.1. The summed E-state index contributed by atoms with van der Waals surface area (Å²) in [5.41, 5.74) is 6.22. The van der Waals surface area contributed by atoms with Gasteiger partial charge in [-0.3, -0.25) is 9.59 Å². The third-order valence-electron chi connectivity index (χ3n) is 5.88. The van der Waals surface area contributed by atoms with E-state index >= 15 is 0 Å². The van der Waals surface area contributed by atoms with Crippen molar-refractivity contribution in [3.05, 3.63) is 71.1 Å². The summed E-state index contributed by atoms with van der Waals surface area (Å²) in [6.07, 6.45) is 6.62. The summed E-state index contributed by atoms with van der Waals surface area (Å²) in [6, 6.07) is 10.4. The Hall–Kier alpha value is -3.25. The molecule has 1 aliphatic carbocycles. The Balaban J connectivity index is 0.00000400. The number of nitrogens with two attached hydrogens (primary N) is 1. The average Bonchev–Trinajstić information content (AvgIpc) is 2.86. The first-order valence-corrected chi connectivity index (χ1v) is 13.8. The first-order chi connectivity index (χ1) is 17.6. The van der Waals surface area contributed by atoms with E-state index in [0.717, 1.165) is 19.1 Å². The van der Waals surface area contributed by atoms with Crippen LogP contribution in [-0.4, -0.2) is 48.6 Å². The second-order valence-electron chi connectivity index (χ2n) is 8.75. The Morgan fingerprint density at radius 1 is 1.03 bits per heavy atom. The molecular weight excluding hydrogens is 553 g/mol. The number of amides is 2. The molecule has 13 heteroatoms. The highest BCUT2D eigenvalue weighted by atomic mass is 35.5. The molecule has 2 amide bonds. The molecule has 0 unspecified atom stereocenters. The third-order valence-corrected chi connectivity index (χ3v) is 7.21. The summed E-state index contributed by atoms with van der Waals surface area (Å²) in [5, 5.41) is 5.72. The lowest BCUT2D eigenvalue weighted by Crippen LogP contribution is -2.32. The minimum Gasteiger partial charge on any atom is -0.490 e. The monoisotopic (exact) mass is 579 g/mol. The number of ether oxygens (including phenoxy) is 1. The zero-order valence-corrected chi connectivity index (χ0v) is 22.8. The predicted octanol–water partition coefficient (Wildman–Crippen LogP) is 4.11. The molecule has 0 bridgehead atoms. The smallest absolute Gasteiger partial charge is 0.277 e. The number of nitrogens with one attached hydrogen (secondary N) is 2. The number of halogens is 2. The van der Waals surface area contributed by atoms with Crippen molar-refractivity contribution in [2.45, 2.75) is 42.7 Å². The van der Waals surface area contributed by atoms with Gasteiger partial charge in [0.2, 0.25) is 0 Å². The van der Waals surface area contributed by atoms with Gasteiger partial charge in [-0.15, -0.1) is 12.4 Å². The van der Waals surface area contributed by atoms with Crippen LogP contribution >= 0.6 is 24.0 Å². The zero-order valence-electron chi connectivity index (χ0n) is 20.4. The van der Waals surface area contributed by atoms with Crippen LogP contribution in [0.3, 0.4) is 0 Å². The molecule has 4 N–H and O–H groups in total. The number of benzene rings is 1. The lowest BCUT2D eigenvalue weighted by molar-refractivity contribution is 0.101. The highest BCUT2D eigenvalue weighted by Gasteiger charge is 2.25. The van der Waals surface area contributed by atoms with Gasteiger partial charge in [0.1, 0.15) is 11.6 Å².